The van der Waals surface area contributed by atoms with Crippen LogP contribution in [0.5, 0.6) is 0 Å². The smallest absolute Gasteiger partial charge is 0.237 e. The maximum absolute atomic E-state index is 12.7. The lowest BCUT2D eigenvalue weighted by molar-refractivity contribution is -0.116. The second-order valence-electron chi connectivity index (χ2n) is 6.77. The van der Waals surface area contributed by atoms with E-state index in [9.17, 15) is 4.79 Å². The van der Waals surface area contributed by atoms with Crippen LogP contribution >= 0.6 is 11.8 Å². The highest BCUT2D eigenvalue weighted by Crippen LogP contribution is 2.41. The minimum atomic E-state index is 0.128. The van der Waals surface area contributed by atoms with Crippen molar-refractivity contribution in [2.75, 3.05) is 27.9 Å². The number of carbonyl (C=O) groups is 1. The number of rotatable bonds is 4. The Balaban J connectivity index is 1.93. The van der Waals surface area contributed by atoms with Crippen molar-refractivity contribution in [3.8, 4) is 6.07 Å². The Kier molecular flexibility index (Phi) is 5.35. The first-order chi connectivity index (χ1) is 11.6. The van der Waals surface area contributed by atoms with Crippen LogP contribution in [0.4, 0.5) is 11.4 Å². The molecule has 0 spiro atoms. The summed E-state index contributed by atoms with van der Waals surface area (Å²) in [5, 5.41) is 8.69. The molecule has 0 N–H and O–H groups in total. The highest BCUT2D eigenvalue weighted by molar-refractivity contribution is 8.00. The summed E-state index contributed by atoms with van der Waals surface area (Å²) >= 11 is 1.40. The standard InChI is InChI=1S/C19H25N3OS/c1-14-8-9-15(2)22(14)17-7-3-5-16-6-4-11-21(19(16)17)18(23)13-24-12-10-20/h3,5,7,14-15H,4,6,8-9,11-13H2,1-2H3. The predicted octanol–water partition coefficient (Wildman–Crippen LogP) is 3.60. The lowest BCUT2D eigenvalue weighted by Gasteiger charge is -2.37. The summed E-state index contributed by atoms with van der Waals surface area (Å²) in [6.45, 7) is 5.34. The van der Waals surface area contributed by atoms with Gasteiger partial charge in [0.2, 0.25) is 5.91 Å². The predicted molar refractivity (Wildman–Crippen MR) is 101 cm³/mol. The van der Waals surface area contributed by atoms with Gasteiger partial charge in [-0.25, -0.2) is 0 Å². The first-order valence-electron chi connectivity index (χ1n) is 8.78. The zero-order chi connectivity index (χ0) is 17.1. The molecule has 2 aliphatic heterocycles. The summed E-state index contributed by atoms with van der Waals surface area (Å²) in [7, 11) is 0. The van der Waals surface area contributed by atoms with Gasteiger partial charge in [-0.2, -0.15) is 5.26 Å². The zero-order valence-electron chi connectivity index (χ0n) is 14.5. The third kappa shape index (κ3) is 3.25. The van der Waals surface area contributed by atoms with Crippen molar-refractivity contribution < 1.29 is 4.79 Å². The van der Waals surface area contributed by atoms with Gasteiger partial charge in [0.15, 0.2) is 0 Å². The number of anilines is 2. The van der Waals surface area contributed by atoms with Crippen LogP contribution in [0, 0.1) is 11.3 Å². The summed E-state index contributed by atoms with van der Waals surface area (Å²) in [5.74, 6) is 0.879. The first kappa shape index (κ1) is 17.2. The number of carbonyl (C=O) groups excluding carboxylic acids is 1. The summed E-state index contributed by atoms with van der Waals surface area (Å²) < 4.78 is 0. The lowest BCUT2D eigenvalue weighted by Crippen LogP contribution is -2.40. The molecule has 1 saturated heterocycles. The van der Waals surface area contributed by atoms with Gasteiger partial charge in [-0.1, -0.05) is 12.1 Å². The Morgan fingerprint density at radius 1 is 1.33 bits per heavy atom. The van der Waals surface area contributed by atoms with E-state index < -0.39 is 0 Å². The molecule has 1 amide bonds. The van der Waals surface area contributed by atoms with Crippen LogP contribution in [0.25, 0.3) is 0 Å². The molecule has 2 unspecified atom stereocenters. The van der Waals surface area contributed by atoms with Crippen LogP contribution in [0.1, 0.15) is 38.7 Å². The van der Waals surface area contributed by atoms with Gasteiger partial charge in [-0.05, 0) is 51.2 Å². The normalized spacial score (nSPS) is 23.0. The number of fused-ring (bicyclic) bond motifs is 1. The van der Waals surface area contributed by atoms with Gasteiger partial charge >= 0.3 is 0 Å². The van der Waals surface area contributed by atoms with Crippen molar-refractivity contribution >= 4 is 29.0 Å². The molecule has 0 aromatic heterocycles. The van der Waals surface area contributed by atoms with Crippen molar-refractivity contribution in [3.63, 3.8) is 0 Å². The van der Waals surface area contributed by atoms with E-state index in [2.05, 4.69) is 43.0 Å². The van der Waals surface area contributed by atoms with Crippen molar-refractivity contribution in [3.05, 3.63) is 23.8 Å². The number of aryl methyl sites for hydroxylation is 1. The number of thioether (sulfide) groups is 1. The molecule has 2 aliphatic rings. The van der Waals surface area contributed by atoms with Crippen LogP contribution < -0.4 is 9.80 Å². The fourth-order valence-corrected chi connectivity index (χ4v) is 4.54. The first-order valence-corrected chi connectivity index (χ1v) is 9.94. The number of nitriles is 1. The Morgan fingerprint density at radius 3 is 2.79 bits per heavy atom. The molecule has 0 saturated carbocycles. The van der Waals surface area contributed by atoms with E-state index in [1.165, 1.54) is 35.9 Å². The Bertz CT molecular complexity index is 645. The summed E-state index contributed by atoms with van der Waals surface area (Å²) in [4.78, 5) is 17.2. The Labute approximate surface area is 148 Å². The molecule has 1 aromatic rings. The number of amides is 1. The highest BCUT2D eigenvalue weighted by atomic mass is 32.2. The molecule has 2 atom stereocenters. The van der Waals surface area contributed by atoms with Gasteiger partial charge in [-0.3, -0.25) is 4.79 Å². The monoisotopic (exact) mass is 343 g/mol. The van der Waals surface area contributed by atoms with E-state index in [4.69, 9.17) is 5.26 Å². The van der Waals surface area contributed by atoms with Gasteiger partial charge in [0.05, 0.1) is 28.9 Å². The number of para-hydroxylation sites is 1. The molecule has 1 fully saturated rings. The van der Waals surface area contributed by atoms with Crippen LogP contribution in [0.15, 0.2) is 18.2 Å². The van der Waals surface area contributed by atoms with Gasteiger partial charge in [0.1, 0.15) is 0 Å². The number of hydrogen-bond acceptors (Lipinski definition) is 4. The van der Waals surface area contributed by atoms with E-state index in [1.54, 1.807) is 0 Å². The lowest BCUT2D eigenvalue weighted by atomic mass is 9.99. The summed E-state index contributed by atoms with van der Waals surface area (Å²) in [6, 6.07) is 9.58. The quantitative estimate of drug-likeness (QED) is 0.784. The molecule has 24 heavy (non-hydrogen) atoms. The molecule has 0 radical (unpaired) electrons. The Hall–Kier alpha value is -1.67. The molecule has 3 rings (SSSR count). The molecule has 128 valence electrons. The second kappa shape index (κ2) is 7.48. The molecule has 4 nitrogen and oxygen atoms in total. The van der Waals surface area contributed by atoms with E-state index in [0.717, 1.165) is 25.1 Å². The molecule has 0 aliphatic carbocycles. The fourth-order valence-electron chi connectivity index (χ4n) is 4.02. The van der Waals surface area contributed by atoms with Crippen LogP contribution in [-0.4, -0.2) is 36.0 Å². The van der Waals surface area contributed by atoms with E-state index in [1.807, 2.05) is 4.90 Å². The largest absolute Gasteiger partial charge is 0.364 e. The summed E-state index contributed by atoms with van der Waals surface area (Å²) in [5.41, 5.74) is 3.61. The van der Waals surface area contributed by atoms with Gasteiger partial charge in [-0.15, -0.1) is 11.8 Å². The van der Waals surface area contributed by atoms with Crippen LogP contribution in [-0.2, 0) is 11.2 Å². The van der Waals surface area contributed by atoms with Crippen LogP contribution in [0.2, 0.25) is 0 Å². The zero-order valence-corrected chi connectivity index (χ0v) is 15.3. The maximum Gasteiger partial charge on any atom is 0.237 e. The molecule has 2 heterocycles. The van der Waals surface area contributed by atoms with Crippen molar-refractivity contribution in [2.24, 2.45) is 0 Å². The van der Waals surface area contributed by atoms with Crippen molar-refractivity contribution in [1.29, 1.82) is 5.26 Å². The van der Waals surface area contributed by atoms with E-state index in [0.29, 0.717) is 23.6 Å². The molecule has 5 heteroatoms. The third-order valence-corrected chi connectivity index (χ3v) is 5.90. The highest BCUT2D eigenvalue weighted by Gasteiger charge is 2.33. The number of nitrogens with zero attached hydrogens (tertiary/aromatic N) is 3. The van der Waals surface area contributed by atoms with E-state index in [-0.39, 0.29) is 5.91 Å². The number of benzene rings is 1. The SMILES string of the molecule is CC1CCC(C)N1c1cccc2c1N(C(=O)CSCC#N)CCC2. The number of hydrogen-bond donors (Lipinski definition) is 0. The second-order valence-corrected chi connectivity index (χ2v) is 7.75. The van der Waals surface area contributed by atoms with Crippen molar-refractivity contribution in [2.45, 2.75) is 51.6 Å². The molecule has 0 bridgehead atoms. The summed E-state index contributed by atoms with van der Waals surface area (Å²) in [6.07, 6.45) is 4.46. The average molecular weight is 343 g/mol. The molecular weight excluding hydrogens is 318 g/mol. The minimum absolute atomic E-state index is 0.128. The average Bonchev–Trinajstić information content (AvgIpc) is 2.92. The molecule has 1 aromatic carbocycles. The Morgan fingerprint density at radius 2 is 2.08 bits per heavy atom. The van der Waals surface area contributed by atoms with Gasteiger partial charge in [0, 0.05) is 18.6 Å². The van der Waals surface area contributed by atoms with Gasteiger partial charge in [0.25, 0.3) is 0 Å². The topological polar surface area (TPSA) is 47.3 Å². The molecular formula is C19H25N3OS. The van der Waals surface area contributed by atoms with E-state index >= 15 is 0 Å². The van der Waals surface area contributed by atoms with Gasteiger partial charge < -0.3 is 9.80 Å². The third-order valence-electron chi connectivity index (χ3n) is 5.12. The van der Waals surface area contributed by atoms with Crippen molar-refractivity contribution in [1.82, 2.24) is 0 Å². The fraction of sp³-hybridized carbons (Fsp3) is 0.579. The maximum atomic E-state index is 12.7. The minimum Gasteiger partial charge on any atom is -0.364 e. The van der Waals surface area contributed by atoms with Crippen LogP contribution in [0.3, 0.4) is 0 Å².